The second-order valence-corrected chi connectivity index (χ2v) is 7.70. The lowest BCUT2D eigenvalue weighted by Crippen LogP contribution is -2.49. The van der Waals surface area contributed by atoms with E-state index in [-0.39, 0.29) is 24.0 Å². The number of rotatable bonds is 8. The number of hydrogen-bond donors (Lipinski definition) is 2. The maximum absolute atomic E-state index is 4.38. The highest BCUT2D eigenvalue weighted by Crippen LogP contribution is 2.11. The van der Waals surface area contributed by atoms with Crippen LogP contribution in [0.4, 0.5) is 5.95 Å². The van der Waals surface area contributed by atoms with Gasteiger partial charge in [0.15, 0.2) is 5.96 Å². The molecule has 9 nitrogen and oxygen atoms in total. The van der Waals surface area contributed by atoms with Gasteiger partial charge in [-0.25, -0.2) is 9.97 Å². The third kappa shape index (κ3) is 7.39. The first-order valence-corrected chi connectivity index (χ1v) is 11.0. The largest absolute Gasteiger partial charge is 0.355 e. The normalized spacial score (nSPS) is 14.6. The molecule has 10 heteroatoms. The van der Waals surface area contributed by atoms with Gasteiger partial charge >= 0.3 is 0 Å². The highest BCUT2D eigenvalue weighted by molar-refractivity contribution is 14.0. The number of benzene rings is 1. The van der Waals surface area contributed by atoms with Crippen molar-refractivity contribution in [3.05, 3.63) is 72.3 Å². The van der Waals surface area contributed by atoms with Gasteiger partial charge in [-0.3, -0.25) is 14.6 Å². The standard InChI is InChI=1S/C23H31N9.HI/c1-24-22(28-18-20-6-2-3-7-21(20)19-32-12-5-10-29-32)25-11-13-30-14-16-31(17-15-30)23-26-8-4-9-27-23;/h2-10,12H,11,13-19H2,1H3,(H2,24,25,28);1H. The van der Waals surface area contributed by atoms with Gasteiger partial charge < -0.3 is 15.5 Å². The van der Waals surface area contributed by atoms with Gasteiger partial charge in [0.2, 0.25) is 5.95 Å². The smallest absolute Gasteiger partial charge is 0.225 e. The Morgan fingerprint density at radius 2 is 1.70 bits per heavy atom. The SMILES string of the molecule is CN=C(NCCN1CCN(c2ncccn2)CC1)NCc1ccccc1Cn1cccn1.I. The van der Waals surface area contributed by atoms with Crippen molar-refractivity contribution in [2.75, 3.05) is 51.2 Å². The first kappa shape index (κ1) is 24.9. The number of nitrogens with zero attached hydrogens (tertiary/aromatic N) is 7. The summed E-state index contributed by atoms with van der Waals surface area (Å²) in [5, 5.41) is 11.2. The van der Waals surface area contributed by atoms with E-state index >= 15 is 0 Å². The summed E-state index contributed by atoms with van der Waals surface area (Å²) in [4.78, 5) is 17.8. The Labute approximate surface area is 212 Å². The van der Waals surface area contributed by atoms with Crippen LogP contribution in [0.25, 0.3) is 0 Å². The van der Waals surface area contributed by atoms with Crippen molar-refractivity contribution in [3.8, 4) is 0 Å². The molecule has 2 N–H and O–H groups in total. The maximum atomic E-state index is 4.38. The van der Waals surface area contributed by atoms with Crippen LogP contribution in [0.3, 0.4) is 0 Å². The predicted octanol–water partition coefficient (Wildman–Crippen LogP) is 1.83. The summed E-state index contributed by atoms with van der Waals surface area (Å²) < 4.78 is 1.94. The molecule has 2 aromatic heterocycles. The fraction of sp³-hybridized carbons (Fsp3) is 0.391. The molecule has 1 aliphatic rings. The van der Waals surface area contributed by atoms with Gasteiger partial charge in [0, 0.05) is 77.6 Å². The molecule has 1 saturated heterocycles. The molecule has 4 rings (SSSR count). The van der Waals surface area contributed by atoms with E-state index in [1.807, 2.05) is 36.3 Å². The summed E-state index contributed by atoms with van der Waals surface area (Å²) in [6.07, 6.45) is 7.39. The van der Waals surface area contributed by atoms with Gasteiger partial charge in [0.05, 0.1) is 6.54 Å². The molecule has 1 aliphatic heterocycles. The van der Waals surface area contributed by atoms with Crippen LogP contribution in [-0.2, 0) is 13.1 Å². The Hall–Kier alpha value is -2.73. The molecule has 0 saturated carbocycles. The number of nitrogens with one attached hydrogen (secondary N) is 2. The lowest BCUT2D eigenvalue weighted by atomic mass is 10.1. The summed E-state index contributed by atoms with van der Waals surface area (Å²) in [6, 6.07) is 12.2. The lowest BCUT2D eigenvalue weighted by Gasteiger charge is -2.34. The van der Waals surface area contributed by atoms with Gasteiger partial charge in [-0.2, -0.15) is 5.10 Å². The minimum Gasteiger partial charge on any atom is -0.355 e. The molecule has 0 amide bonds. The van der Waals surface area contributed by atoms with E-state index in [2.05, 4.69) is 64.8 Å². The minimum atomic E-state index is 0. The Morgan fingerprint density at radius 3 is 2.39 bits per heavy atom. The number of halogens is 1. The van der Waals surface area contributed by atoms with Crippen LogP contribution in [0.1, 0.15) is 11.1 Å². The average Bonchev–Trinajstić information content (AvgIpc) is 3.36. The van der Waals surface area contributed by atoms with E-state index in [1.165, 1.54) is 11.1 Å². The first-order chi connectivity index (χ1) is 15.8. The summed E-state index contributed by atoms with van der Waals surface area (Å²) in [5.74, 6) is 1.64. The molecule has 33 heavy (non-hydrogen) atoms. The summed E-state index contributed by atoms with van der Waals surface area (Å²) in [6.45, 7) is 7.20. The van der Waals surface area contributed by atoms with E-state index in [1.54, 1.807) is 12.4 Å². The number of hydrogen-bond acceptors (Lipinski definition) is 6. The van der Waals surface area contributed by atoms with Crippen LogP contribution in [0, 0.1) is 0 Å². The third-order valence-corrected chi connectivity index (χ3v) is 5.61. The Balaban J connectivity index is 0.00000306. The van der Waals surface area contributed by atoms with Crippen LogP contribution >= 0.6 is 24.0 Å². The Morgan fingerprint density at radius 1 is 0.939 bits per heavy atom. The van der Waals surface area contributed by atoms with Crippen LogP contribution in [0.15, 0.2) is 66.2 Å². The number of anilines is 1. The molecule has 0 aliphatic carbocycles. The third-order valence-electron chi connectivity index (χ3n) is 5.61. The Kier molecular flexibility index (Phi) is 9.88. The summed E-state index contributed by atoms with van der Waals surface area (Å²) >= 11 is 0. The van der Waals surface area contributed by atoms with Crippen LogP contribution in [0.2, 0.25) is 0 Å². The van der Waals surface area contributed by atoms with Crippen molar-refractivity contribution in [1.29, 1.82) is 0 Å². The van der Waals surface area contributed by atoms with Gasteiger partial charge in [-0.15, -0.1) is 24.0 Å². The van der Waals surface area contributed by atoms with Gasteiger partial charge in [0.25, 0.3) is 0 Å². The zero-order valence-corrected chi connectivity index (χ0v) is 21.3. The van der Waals surface area contributed by atoms with E-state index in [9.17, 15) is 0 Å². The molecule has 0 spiro atoms. The van der Waals surface area contributed by atoms with Crippen molar-refractivity contribution in [3.63, 3.8) is 0 Å². The van der Waals surface area contributed by atoms with E-state index in [0.29, 0.717) is 6.54 Å². The summed E-state index contributed by atoms with van der Waals surface area (Å²) in [5.41, 5.74) is 2.49. The zero-order valence-electron chi connectivity index (χ0n) is 19.0. The van der Waals surface area contributed by atoms with Crippen molar-refractivity contribution >= 4 is 35.9 Å². The zero-order chi connectivity index (χ0) is 22.0. The van der Waals surface area contributed by atoms with E-state index < -0.39 is 0 Å². The van der Waals surface area contributed by atoms with Crippen molar-refractivity contribution < 1.29 is 0 Å². The van der Waals surface area contributed by atoms with Crippen LogP contribution in [0.5, 0.6) is 0 Å². The number of aliphatic imine (C=N–C) groups is 1. The molecule has 0 radical (unpaired) electrons. The molecule has 176 valence electrons. The maximum Gasteiger partial charge on any atom is 0.225 e. The molecule has 1 fully saturated rings. The number of guanidine groups is 1. The highest BCUT2D eigenvalue weighted by Gasteiger charge is 2.18. The molecule has 0 bridgehead atoms. The van der Waals surface area contributed by atoms with Gasteiger partial charge in [-0.1, -0.05) is 24.3 Å². The molecular weight excluding hydrogens is 529 g/mol. The topological polar surface area (TPSA) is 86.5 Å². The van der Waals surface area contributed by atoms with E-state index in [4.69, 9.17) is 0 Å². The van der Waals surface area contributed by atoms with Crippen molar-refractivity contribution in [2.24, 2.45) is 4.99 Å². The minimum absolute atomic E-state index is 0. The average molecular weight is 561 g/mol. The highest BCUT2D eigenvalue weighted by atomic mass is 127. The molecule has 3 heterocycles. The molecule has 1 aromatic carbocycles. The lowest BCUT2D eigenvalue weighted by molar-refractivity contribution is 0.260. The first-order valence-electron chi connectivity index (χ1n) is 11.0. The molecule has 3 aromatic rings. The second kappa shape index (κ2) is 13.1. The van der Waals surface area contributed by atoms with Crippen LogP contribution < -0.4 is 15.5 Å². The summed E-state index contributed by atoms with van der Waals surface area (Å²) in [7, 11) is 1.81. The second-order valence-electron chi connectivity index (χ2n) is 7.70. The molecule has 0 unspecified atom stereocenters. The number of aromatic nitrogens is 4. The molecule has 0 atom stereocenters. The van der Waals surface area contributed by atoms with Crippen LogP contribution in [-0.4, -0.2) is 76.9 Å². The molecular formula is C23H32IN9. The van der Waals surface area contributed by atoms with Gasteiger partial charge in [0.1, 0.15) is 0 Å². The fourth-order valence-corrected chi connectivity index (χ4v) is 3.81. The van der Waals surface area contributed by atoms with Crippen molar-refractivity contribution in [2.45, 2.75) is 13.1 Å². The van der Waals surface area contributed by atoms with Gasteiger partial charge in [-0.05, 0) is 23.3 Å². The quantitative estimate of drug-likeness (QED) is 0.247. The fourth-order valence-electron chi connectivity index (χ4n) is 3.81. The Bertz CT molecular complexity index is 971. The predicted molar refractivity (Wildman–Crippen MR) is 142 cm³/mol. The number of piperazine rings is 1. The van der Waals surface area contributed by atoms with Crippen molar-refractivity contribution in [1.82, 2.24) is 35.3 Å². The van der Waals surface area contributed by atoms with E-state index in [0.717, 1.165) is 57.7 Å². The monoisotopic (exact) mass is 561 g/mol.